The molecule has 5 nitrogen and oxygen atoms in total. The van der Waals surface area contributed by atoms with Gasteiger partial charge in [-0.3, -0.25) is 0 Å². The minimum atomic E-state index is -1.27. The molecule has 0 bridgehead atoms. The molecule has 1 atom stereocenters. The van der Waals surface area contributed by atoms with E-state index in [2.05, 4.69) is 9.97 Å². The van der Waals surface area contributed by atoms with Gasteiger partial charge in [0.15, 0.2) is 0 Å². The average molecular weight is 208 g/mol. The number of carboxylic acids is 1. The van der Waals surface area contributed by atoms with Crippen LogP contribution in [0.1, 0.15) is 5.69 Å². The number of rotatable bonds is 3. The van der Waals surface area contributed by atoms with Crippen LogP contribution < -0.4 is 15.8 Å². The van der Waals surface area contributed by atoms with Crippen molar-refractivity contribution in [1.82, 2.24) is 9.97 Å². The first-order chi connectivity index (χ1) is 5.20. The molecule has 1 rings (SSSR count). The molecule has 2 N–H and O–H groups in total. The topological polar surface area (TPSA) is 93.1 Å². The van der Waals surface area contributed by atoms with Gasteiger partial charge in [0.05, 0.1) is 5.97 Å². The van der Waals surface area contributed by atoms with Crippen LogP contribution in [0, 0.1) is 0 Å². The van der Waals surface area contributed by atoms with Crippen LogP contribution in [0.5, 0.6) is 0 Å². The number of hydrogen-bond donors (Lipinski definition) is 1. The van der Waals surface area contributed by atoms with Crippen LogP contribution in [-0.2, 0) is 28.3 Å². The summed E-state index contributed by atoms with van der Waals surface area (Å²) in [5, 5.41) is 10.1. The van der Waals surface area contributed by atoms with E-state index in [9.17, 15) is 9.90 Å². The first kappa shape index (κ1) is 11.2. The minimum Gasteiger partial charge on any atom is -0.548 e. The van der Waals surface area contributed by atoms with E-state index in [0.717, 1.165) is 0 Å². The molecule has 1 aromatic rings. The number of nitrogens with zero attached hydrogens (tertiary/aromatic N) is 2. The summed E-state index contributed by atoms with van der Waals surface area (Å²) in [7, 11) is 0. The van der Waals surface area contributed by atoms with Crippen LogP contribution in [0.25, 0.3) is 0 Å². The van der Waals surface area contributed by atoms with Crippen molar-refractivity contribution in [3.8, 4) is 0 Å². The van der Waals surface area contributed by atoms with Gasteiger partial charge in [0.2, 0.25) is 0 Å². The average Bonchev–Trinajstić information content (AvgIpc) is 2.39. The largest absolute Gasteiger partial charge is 2.00 e. The SMILES string of the molecule is NC(Cc1c[n-]cn1)C(=O)[O-].[Mn+2]. The number of nitrogens with two attached hydrogens (primary N) is 1. The molecule has 0 aromatic carbocycles. The molecule has 1 unspecified atom stereocenters. The summed E-state index contributed by atoms with van der Waals surface area (Å²) >= 11 is 0. The third kappa shape index (κ3) is 3.04. The Bertz CT molecular complexity index is 237. The predicted molar refractivity (Wildman–Crippen MR) is 34.2 cm³/mol. The van der Waals surface area contributed by atoms with Gasteiger partial charge in [0, 0.05) is 6.04 Å². The van der Waals surface area contributed by atoms with Crippen LogP contribution in [-0.4, -0.2) is 17.0 Å². The smallest absolute Gasteiger partial charge is 0.548 e. The van der Waals surface area contributed by atoms with E-state index in [0.29, 0.717) is 5.69 Å². The van der Waals surface area contributed by atoms with E-state index in [1.165, 1.54) is 12.5 Å². The summed E-state index contributed by atoms with van der Waals surface area (Å²) in [6.07, 6.45) is 2.99. The number of carbonyl (C=O) groups excluding carboxylic acids is 1. The van der Waals surface area contributed by atoms with Crippen LogP contribution in [0.15, 0.2) is 12.5 Å². The van der Waals surface area contributed by atoms with Crippen LogP contribution in [0.4, 0.5) is 0 Å². The van der Waals surface area contributed by atoms with Crippen LogP contribution >= 0.6 is 0 Å². The van der Waals surface area contributed by atoms with Crippen molar-refractivity contribution in [2.75, 3.05) is 0 Å². The number of carboxylic acid groups (broad SMARTS) is 1. The summed E-state index contributed by atoms with van der Waals surface area (Å²) in [5.41, 5.74) is 5.75. The fourth-order valence-corrected chi connectivity index (χ4v) is 0.674. The molecule has 0 aliphatic carbocycles. The molecular weight excluding hydrogens is 201 g/mol. The molecular formula is C6H7MnN3O2. The fraction of sp³-hybridized carbons (Fsp3) is 0.333. The van der Waals surface area contributed by atoms with Gasteiger partial charge >= 0.3 is 17.1 Å². The second-order valence-corrected chi connectivity index (χ2v) is 2.14. The zero-order valence-corrected chi connectivity index (χ0v) is 7.29. The molecule has 1 heterocycles. The van der Waals surface area contributed by atoms with E-state index in [4.69, 9.17) is 5.73 Å². The number of hydrogen-bond acceptors (Lipinski definition) is 4. The van der Waals surface area contributed by atoms with Crippen molar-refractivity contribution in [3.05, 3.63) is 18.2 Å². The molecule has 0 aliphatic heterocycles. The van der Waals surface area contributed by atoms with Crippen molar-refractivity contribution < 1.29 is 27.0 Å². The minimum absolute atomic E-state index is 0. The summed E-state index contributed by atoms with van der Waals surface area (Å²) in [6, 6.07) is -0.994. The molecule has 0 saturated heterocycles. The number of aromatic nitrogens is 2. The Morgan fingerprint density at radius 3 is 2.92 bits per heavy atom. The van der Waals surface area contributed by atoms with Gasteiger partial charge in [-0.05, 0) is 6.42 Å². The number of imidazole rings is 1. The van der Waals surface area contributed by atoms with Crippen LogP contribution in [0.3, 0.4) is 0 Å². The van der Waals surface area contributed by atoms with Gasteiger partial charge in [-0.1, -0.05) is 18.2 Å². The van der Waals surface area contributed by atoms with Crippen molar-refractivity contribution in [3.63, 3.8) is 0 Å². The normalized spacial score (nSPS) is 11.8. The van der Waals surface area contributed by atoms with E-state index in [1.54, 1.807) is 0 Å². The van der Waals surface area contributed by atoms with Crippen LogP contribution in [0.2, 0.25) is 0 Å². The Balaban J connectivity index is 0.00000121. The Morgan fingerprint density at radius 1 is 1.83 bits per heavy atom. The zero-order valence-electron chi connectivity index (χ0n) is 6.11. The Labute approximate surface area is 79.8 Å². The second-order valence-electron chi connectivity index (χ2n) is 2.14. The molecule has 0 amide bonds. The van der Waals surface area contributed by atoms with E-state index >= 15 is 0 Å². The van der Waals surface area contributed by atoms with E-state index in [1.807, 2.05) is 0 Å². The zero-order chi connectivity index (χ0) is 8.27. The van der Waals surface area contributed by atoms with Gasteiger partial charge in [-0.25, -0.2) is 0 Å². The summed E-state index contributed by atoms with van der Waals surface area (Å²) in [4.78, 5) is 17.6. The monoisotopic (exact) mass is 208 g/mol. The van der Waals surface area contributed by atoms with Crippen molar-refractivity contribution in [2.24, 2.45) is 5.73 Å². The Morgan fingerprint density at radius 2 is 2.50 bits per heavy atom. The third-order valence-electron chi connectivity index (χ3n) is 1.25. The maximum absolute atomic E-state index is 10.1. The summed E-state index contributed by atoms with van der Waals surface area (Å²) in [5.74, 6) is -1.27. The predicted octanol–water partition coefficient (Wildman–Crippen LogP) is -2.34. The van der Waals surface area contributed by atoms with E-state index in [-0.39, 0.29) is 23.5 Å². The first-order valence-corrected chi connectivity index (χ1v) is 3.08. The molecule has 6 heteroatoms. The molecule has 12 heavy (non-hydrogen) atoms. The first-order valence-electron chi connectivity index (χ1n) is 3.08. The molecule has 0 fully saturated rings. The third-order valence-corrected chi connectivity index (χ3v) is 1.25. The standard InChI is InChI=1S/C6H9N3O2.Mn/c7-5(6(10)11)1-4-2-8-3-9-4;/h2-3,5H,1,7H2,(H2,8,9,10,11);/q;+2/p-2. The molecule has 0 saturated carbocycles. The summed E-state index contributed by atoms with van der Waals surface area (Å²) in [6.45, 7) is 0. The number of aliphatic carboxylic acids is 1. The molecule has 1 radical (unpaired) electrons. The molecule has 0 aliphatic rings. The van der Waals surface area contributed by atoms with Gasteiger partial charge in [-0.15, -0.1) is 0 Å². The second kappa shape index (κ2) is 4.92. The van der Waals surface area contributed by atoms with Gasteiger partial charge in [0.1, 0.15) is 0 Å². The van der Waals surface area contributed by atoms with Crippen molar-refractivity contribution in [2.45, 2.75) is 12.5 Å². The fourth-order valence-electron chi connectivity index (χ4n) is 0.674. The Hall–Kier alpha value is -0.841. The molecule has 1 aromatic heterocycles. The van der Waals surface area contributed by atoms with Crippen molar-refractivity contribution in [1.29, 1.82) is 0 Å². The van der Waals surface area contributed by atoms with Gasteiger partial charge in [-0.2, -0.15) is 0 Å². The quantitative estimate of drug-likeness (QED) is 0.561. The maximum atomic E-state index is 10.1. The van der Waals surface area contributed by atoms with E-state index < -0.39 is 12.0 Å². The summed E-state index contributed by atoms with van der Waals surface area (Å²) < 4.78 is 0. The molecule has 0 spiro atoms. The molecule has 65 valence electrons. The maximum Gasteiger partial charge on any atom is 2.00 e. The Kier molecular flexibility index (Phi) is 4.58. The number of carbonyl (C=O) groups is 1. The van der Waals surface area contributed by atoms with Crippen molar-refractivity contribution >= 4 is 5.97 Å². The van der Waals surface area contributed by atoms with Gasteiger partial charge < -0.3 is 25.6 Å². The van der Waals surface area contributed by atoms with Gasteiger partial charge in [0.25, 0.3) is 0 Å².